The molecule has 2 rings (SSSR count). The van der Waals surface area contributed by atoms with E-state index < -0.39 is 14.7 Å². The summed E-state index contributed by atoms with van der Waals surface area (Å²) in [6.45, 7) is 8.81. The Morgan fingerprint density at radius 3 is 1.27 bits per heavy atom. The largest absolute Gasteiger partial charge is 0.370 e. The van der Waals surface area contributed by atoms with E-state index in [1.165, 1.54) is 0 Å². The van der Waals surface area contributed by atoms with Gasteiger partial charge >= 0.3 is 0 Å². The van der Waals surface area contributed by atoms with Crippen molar-refractivity contribution in [2.45, 2.75) is 77.8 Å². The molecule has 6 nitrogen and oxygen atoms in total. The average molecular weight is 410 g/mol. The van der Waals surface area contributed by atoms with Crippen LogP contribution in [0, 0.1) is 0 Å². The van der Waals surface area contributed by atoms with Crippen molar-refractivity contribution >= 4 is 14.7 Å². The minimum Gasteiger partial charge on any atom is -0.370 e. The molecule has 154 valence electrons. The van der Waals surface area contributed by atoms with E-state index in [9.17, 15) is 9.13 Å². The maximum absolute atomic E-state index is 13.0. The van der Waals surface area contributed by atoms with E-state index in [4.69, 9.17) is 18.5 Å². The summed E-state index contributed by atoms with van der Waals surface area (Å²) in [7, 11) is -5.31. The molecule has 0 amide bonds. The van der Waals surface area contributed by atoms with Gasteiger partial charge < -0.3 is 18.5 Å². The second-order valence-corrected chi connectivity index (χ2v) is 12.9. The van der Waals surface area contributed by atoms with Gasteiger partial charge in [0.25, 0.3) is 0 Å². The van der Waals surface area contributed by atoms with Crippen molar-refractivity contribution in [3.63, 3.8) is 0 Å². The zero-order valence-electron chi connectivity index (χ0n) is 16.7. The Morgan fingerprint density at radius 1 is 0.692 bits per heavy atom. The molecule has 26 heavy (non-hydrogen) atoms. The SMILES string of the molecule is CCCP(=O)(CCC)OC1COC2C(OP(=O)(CCC)CCC)COC12. The molecule has 2 fully saturated rings. The Labute approximate surface area is 158 Å². The molecule has 0 aliphatic carbocycles. The topological polar surface area (TPSA) is 71.1 Å². The maximum atomic E-state index is 13.0. The Kier molecular flexibility index (Phi) is 8.85. The maximum Gasteiger partial charge on any atom is 0.203 e. The Bertz CT molecular complexity index is 460. The lowest BCUT2D eigenvalue weighted by molar-refractivity contribution is 0.0196. The summed E-state index contributed by atoms with van der Waals surface area (Å²) in [5.41, 5.74) is 0. The van der Waals surface area contributed by atoms with Gasteiger partial charge in [-0.15, -0.1) is 0 Å². The molecule has 2 aliphatic heterocycles. The molecule has 0 aromatic carbocycles. The summed E-state index contributed by atoms with van der Waals surface area (Å²) in [6.07, 6.45) is 4.51. The van der Waals surface area contributed by atoms with Gasteiger partial charge in [0.2, 0.25) is 14.7 Å². The third-order valence-electron chi connectivity index (χ3n) is 4.87. The summed E-state index contributed by atoms with van der Waals surface area (Å²) in [4.78, 5) is 0. The summed E-state index contributed by atoms with van der Waals surface area (Å²) in [5, 5.41) is 0. The van der Waals surface area contributed by atoms with Crippen molar-refractivity contribution in [2.75, 3.05) is 37.9 Å². The number of hydrogen-bond donors (Lipinski definition) is 0. The van der Waals surface area contributed by atoms with Crippen LogP contribution < -0.4 is 0 Å². The van der Waals surface area contributed by atoms with Crippen molar-refractivity contribution in [3.05, 3.63) is 0 Å². The first-order chi connectivity index (χ1) is 12.4. The molecule has 0 saturated carbocycles. The number of hydrogen-bond acceptors (Lipinski definition) is 6. The lowest BCUT2D eigenvalue weighted by Crippen LogP contribution is -2.33. The normalized spacial score (nSPS) is 29.2. The van der Waals surface area contributed by atoms with Crippen molar-refractivity contribution in [2.24, 2.45) is 0 Å². The minimum absolute atomic E-state index is 0.279. The first kappa shape index (κ1) is 22.6. The van der Waals surface area contributed by atoms with Crippen LogP contribution in [0.25, 0.3) is 0 Å². The molecule has 4 unspecified atom stereocenters. The first-order valence-electron chi connectivity index (χ1n) is 10.2. The highest BCUT2D eigenvalue weighted by Crippen LogP contribution is 2.53. The van der Waals surface area contributed by atoms with Gasteiger partial charge in [0.05, 0.1) is 13.2 Å². The first-order valence-corrected chi connectivity index (χ1v) is 14.2. The van der Waals surface area contributed by atoms with E-state index in [0.29, 0.717) is 37.9 Å². The van der Waals surface area contributed by atoms with Crippen LogP contribution in [0.5, 0.6) is 0 Å². The molecule has 2 saturated heterocycles. The molecule has 0 N–H and O–H groups in total. The zero-order valence-corrected chi connectivity index (χ0v) is 18.5. The van der Waals surface area contributed by atoms with Gasteiger partial charge in [-0.05, 0) is 25.7 Å². The second-order valence-electron chi connectivity index (χ2n) is 7.41. The zero-order chi connectivity index (χ0) is 19.2. The second kappa shape index (κ2) is 10.2. The van der Waals surface area contributed by atoms with Gasteiger partial charge in [-0.1, -0.05) is 27.7 Å². The molecule has 0 bridgehead atoms. The van der Waals surface area contributed by atoms with Crippen LogP contribution >= 0.6 is 14.7 Å². The standard InChI is InChI=1S/C18H36O6P2/c1-5-9-25(19,10-6-2)23-15-13-21-18-16(14-22-17(15)18)24-26(20,11-7-3)12-8-4/h15-18H,5-14H2,1-4H3. The fourth-order valence-corrected chi connectivity index (χ4v) is 8.84. The van der Waals surface area contributed by atoms with Crippen molar-refractivity contribution in [3.8, 4) is 0 Å². The van der Waals surface area contributed by atoms with E-state index in [0.717, 1.165) is 25.7 Å². The fourth-order valence-electron chi connectivity index (χ4n) is 3.90. The third kappa shape index (κ3) is 5.65. The number of fused-ring (bicyclic) bond motifs is 1. The lowest BCUT2D eigenvalue weighted by atomic mass is 10.1. The van der Waals surface area contributed by atoms with Gasteiger partial charge in [-0.2, -0.15) is 0 Å². The quantitative estimate of drug-likeness (QED) is 0.433. The van der Waals surface area contributed by atoms with Crippen molar-refractivity contribution < 1.29 is 27.7 Å². The average Bonchev–Trinajstić information content (AvgIpc) is 3.12. The minimum atomic E-state index is -2.66. The van der Waals surface area contributed by atoms with Crippen LogP contribution in [0.2, 0.25) is 0 Å². The molecular weight excluding hydrogens is 374 g/mol. The smallest absolute Gasteiger partial charge is 0.203 e. The fraction of sp³-hybridized carbons (Fsp3) is 1.00. The van der Waals surface area contributed by atoms with Crippen molar-refractivity contribution in [1.29, 1.82) is 0 Å². The molecule has 2 heterocycles. The Morgan fingerprint density at radius 2 is 1.00 bits per heavy atom. The van der Waals surface area contributed by atoms with Gasteiger partial charge in [0.15, 0.2) is 0 Å². The Hall–Kier alpha value is 0.300. The third-order valence-corrected chi connectivity index (χ3v) is 10.7. The molecule has 0 aromatic rings. The summed E-state index contributed by atoms with van der Waals surface area (Å²) in [5.74, 6) is 0. The molecule has 0 aromatic heterocycles. The number of rotatable bonds is 12. The van der Waals surface area contributed by atoms with Crippen LogP contribution in [-0.2, 0) is 27.7 Å². The Balaban J connectivity index is 2.00. The van der Waals surface area contributed by atoms with Gasteiger partial charge in [0, 0.05) is 24.6 Å². The van der Waals surface area contributed by atoms with E-state index >= 15 is 0 Å². The molecule has 0 spiro atoms. The summed E-state index contributed by atoms with van der Waals surface area (Å²) < 4.78 is 49.9. The van der Waals surface area contributed by atoms with Crippen LogP contribution in [0.3, 0.4) is 0 Å². The van der Waals surface area contributed by atoms with Crippen LogP contribution in [0.15, 0.2) is 0 Å². The lowest BCUT2D eigenvalue weighted by Gasteiger charge is -2.24. The summed E-state index contributed by atoms with van der Waals surface area (Å²) in [6, 6.07) is 0. The molecule has 8 heteroatoms. The highest BCUT2D eigenvalue weighted by Gasteiger charge is 2.51. The van der Waals surface area contributed by atoms with E-state index in [1.54, 1.807) is 0 Å². The van der Waals surface area contributed by atoms with Gasteiger partial charge in [-0.25, -0.2) is 0 Å². The van der Waals surface area contributed by atoms with Gasteiger partial charge in [-0.3, -0.25) is 9.13 Å². The van der Waals surface area contributed by atoms with E-state index in [-0.39, 0.29) is 24.4 Å². The highest BCUT2D eigenvalue weighted by atomic mass is 31.2. The molecular formula is C18H36O6P2. The van der Waals surface area contributed by atoms with Crippen LogP contribution in [0.4, 0.5) is 0 Å². The monoisotopic (exact) mass is 410 g/mol. The highest BCUT2D eigenvalue weighted by molar-refractivity contribution is 7.59. The van der Waals surface area contributed by atoms with Crippen molar-refractivity contribution in [1.82, 2.24) is 0 Å². The molecule has 4 atom stereocenters. The van der Waals surface area contributed by atoms with Gasteiger partial charge in [0.1, 0.15) is 24.4 Å². The predicted molar refractivity (Wildman–Crippen MR) is 105 cm³/mol. The number of ether oxygens (including phenoxy) is 2. The van der Waals surface area contributed by atoms with Crippen LogP contribution in [0.1, 0.15) is 53.4 Å². The van der Waals surface area contributed by atoms with E-state index in [2.05, 4.69) is 0 Å². The van der Waals surface area contributed by atoms with E-state index in [1.807, 2.05) is 27.7 Å². The predicted octanol–water partition coefficient (Wildman–Crippen LogP) is 4.75. The molecule has 2 aliphatic rings. The summed E-state index contributed by atoms with van der Waals surface area (Å²) >= 11 is 0. The molecule has 0 radical (unpaired) electrons. The van der Waals surface area contributed by atoms with Crippen LogP contribution in [-0.4, -0.2) is 62.3 Å².